The highest BCUT2D eigenvalue weighted by atomic mass is 35.5. The molecule has 0 bridgehead atoms. The lowest BCUT2D eigenvalue weighted by molar-refractivity contribution is -0.118. The average Bonchev–Trinajstić information content (AvgIpc) is 2.63. The molecule has 25 heavy (non-hydrogen) atoms. The maximum atomic E-state index is 11.9. The molecule has 2 aromatic rings. The van der Waals surface area contributed by atoms with E-state index >= 15 is 0 Å². The smallest absolute Gasteiger partial charge is 0.250 e. The number of halogens is 1. The molecule has 0 unspecified atom stereocenters. The fourth-order valence-corrected chi connectivity index (χ4v) is 3.38. The minimum Gasteiger partial charge on any atom is -0.486 e. The van der Waals surface area contributed by atoms with Crippen LogP contribution in [-0.4, -0.2) is 31.1 Å². The van der Waals surface area contributed by atoms with Crippen LogP contribution in [0.1, 0.15) is 11.1 Å². The lowest BCUT2D eigenvalue weighted by Crippen LogP contribution is -2.20. The summed E-state index contributed by atoms with van der Waals surface area (Å²) in [6, 6.07) is 13.2. The standard InChI is InChI=1S/C18H17ClN2O3S/c19-15-6-2-1-4-14(15)11-25-12-17(22)21-20-10-13-5-3-7-16-18(13)24-9-8-23-16/h1-7,10H,8-9,11-12H2,(H,21,22)/b20-10-. The molecule has 0 fully saturated rings. The summed E-state index contributed by atoms with van der Waals surface area (Å²) < 4.78 is 11.1. The van der Waals surface area contributed by atoms with E-state index in [2.05, 4.69) is 10.5 Å². The van der Waals surface area contributed by atoms with Gasteiger partial charge in [-0.05, 0) is 23.8 Å². The van der Waals surface area contributed by atoms with Gasteiger partial charge in [0, 0.05) is 16.3 Å². The summed E-state index contributed by atoms with van der Waals surface area (Å²) in [6.45, 7) is 1.04. The predicted molar refractivity (Wildman–Crippen MR) is 101 cm³/mol. The maximum Gasteiger partial charge on any atom is 0.250 e. The van der Waals surface area contributed by atoms with Crippen LogP contribution in [0.2, 0.25) is 5.02 Å². The molecule has 0 saturated heterocycles. The predicted octanol–water partition coefficient (Wildman–Crippen LogP) is 3.49. The van der Waals surface area contributed by atoms with Gasteiger partial charge in [0.25, 0.3) is 0 Å². The normalized spacial score (nSPS) is 13.0. The van der Waals surface area contributed by atoms with Gasteiger partial charge >= 0.3 is 0 Å². The SMILES string of the molecule is O=C(CSCc1ccccc1Cl)N/N=C\c1cccc2c1OCCO2. The van der Waals surface area contributed by atoms with Crippen molar-refractivity contribution in [1.29, 1.82) is 0 Å². The number of carbonyl (C=O) groups excluding carboxylic acids is 1. The molecular weight excluding hydrogens is 360 g/mol. The summed E-state index contributed by atoms with van der Waals surface area (Å²) in [4.78, 5) is 11.9. The van der Waals surface area contributed by atoms with E-state index in [1.807, 2.05) is 42.5 Å². The Morgan fingerprint density at radius 2 is 2.04 bits per heavy atom. The lowest BCUT2D eigenvalue weighted by atomic mass is 10.2. The summed E-state index contributed by atoms with van der Waals surface area (Å²) in [5.74, 6) is 2.15. The molecule has 1 aliphatic heterocycles. The highest BCUT2D eigenvalue weighted by Crippen LogP contribution is 2.32. The third-order valence-corrected chi connectivity index (χ3v) is 4.79. The van der Waals surface area contributed by atoms with Gasteiger partial charge in [-0.15, -0.1) is 11.8 Å². The molecule has 130 valence electrons. The molecule has 1 heterocycles. The first-order valence-corrected chi connectivity index (χ1v) is 9.29. The minimum absolute atomic E-state index is 0.171. The van der Waals surface area contributed by atoms with Crippen LogP contribution in [0.25, 0.3) is 0 Å². The Morgan fingerprint density at radius 1 is 1.20 bits per heavy atom. The van der Waals surface area contributed by atoms with E-state index in [0.29, 0.717) is 41.2 Å². The van der Waals surface area contributed by atoms with Crippen LogP contribution in [0, 0.1) is 0 Å². The van der Waals surface area contributed by atoms with Crippen LogP contribution in [0.4, 0.5) is 0 Å². The number of carbonyl (C=O) groups is 1. The number of para-hydroxylation sites is 1. The number of hydrogen-bond acceptors (Lipinski definition) is 5. The molecule has 2 aromatic carbocycles. The van der Waals surface area contributed by atoms with Gasteiger partial charge in [-0.25, -0.2) is 5.43 Å². The number of hydrogen-bond donors (Lipinski definition) is 1. The molecule has 0 radical (unpaired) electrons. The molecule has 0 spiro atoms. The van der Waals surface area contributed by atoms with Crippen molar-refractivity contribution in [1.82, 2.24) is 5.43 Å². The maximum absolute atomic E-state index is 11.9. The van der Waals surface area contributed by atoms with E-state index in [0.717, 1.165) is 11.1 Å². The topological polar surface area (TPSA) is 59.9 Å². The molecule has 1 N–H and O–H groups in total. The van der Waals surface area contributed by atoms with Crippen molar-refractivity contribution < 1.29 is 14.3 Å². The molecule has 7 heteroatoms. The third-order valence-electron chi connectivity index (χ3n) is 3.44. The number of ether oxygens (including phenoxy) is 2. The Labute approximate surface area is 155 Å². The Balaban J connectivity index is 1.48. The quantitative estimate of drug-likeness (QED) is 0.619. The highest BCUT2D eigenvalue weighted by molar-refractivity contribution is 7.99. The summed E-state index contributed by atoms with van der Waals surface area (Å²) in [5.41, 5.74) is 4.30. The summed E-state index contributed by atoms with van der Waals surface area (Å²) >= 11 is 7.57. The van der Waals surface area contributed by atoms with Crippen LogP contribution in [0.15, 0.2) is 47.6 Å². The summed E-state index contributed by atoms with van der Waals surface area (Å²) in [5, 5.41) is 4.71. The number of amides is 1. The first-order valence-electron chi connectivity index (χ1n) is 7.76. The number of hydrazone groups is 1. The number of nitrogens with one attached hydrogen (secondary N) is 1. The van der Waals surface area contributed by atoms with Gasteiger partial charge in [0.2, 0.25) is 5.91 Å². The number of rotatable bonds is 6. The van der Waals surface area contributed by atoms with Crippen molar-refractivity contribution in [3.63, 3.8) is 0 Å². The summed E-state index contributed by atoms with van der Waals surface area (Å²) in [6.07, 6.45) is 1.56. The van der Waals surface area contributed by atoms with Crippen LogP contribution in [-0.2, 0) is 10.5 Å². The van der Waals surface area contributed by atoms with Gasteiger partial charge in [-0.1, -0.05) is 35.9 Å². The Bertz CT molecular complexity index is 783. The van der Waals surface area contributed by atoms with E-state index in [-0.39, 0.29) is 5.91 Å². The van der Waals surface area contributed by atoms with E-state index in [4.69, 9.17) is 21.1 Å². The fraction of sp³-hybridized carbons (Fsp3) is 0.222. The first kappa shape index (κ1) is 17.6. The number of nitrogens with zero attached hydrogens (tertiary/aromatic N) is 1. The van der Waals surface area contributed by atoms with E-state index in [9.17, 15) is 4.79 Å². The second-order valence-electron chi connectivity index (χ2n) is 5.25. The molecule has 0 saturated carbocycles. The number of thioether (sulfide) groups is 1. The fourth-order valence-electron chi connectivity index (χ4n) is 2.27. The van der Waals surface area contributed by atoms with Crippen LogP contribution in [0.3, 0.4) is 0 Å². The largest absolute Gasteiger partial charge is 0.486 e. The molecule has 5 nitrogen and oxygen atoms in total. The van der Waals surface area contributed by atoms with Gasteiger partial charge in [0.15, 0.2) is 11.5 Å². The first-order chi connectivity index (χ1) is 12.2. The summed E-state index contributed by atoms with van der Waals surface area (Å²) in [7, 11) is 0. The molecule has 1 aliphatic rings. The van der Waals surface area contributed by atoms with Gasteiger partial charge in [-0.2, -0.15) is 5.10 Å². The van der Waals surface area contributed by atoms with Crippen LogP contribution < -0.4 is 14.9 Å². The van der Waals surface area contributed by atoms with Crippen molar-refractivity contribution in [3.8, 4) is 11.5 Å². The highest BCUT2D eigenvalue weighted by Gasteiger charge is 2.14. The van der Waals surface area contributed by atoms with Crippen molar-refractivity contribution >= 4 is 35.5 Å². The average molecular weight is 377 g/mol. The van der Waals surface area contributed by atoms with E-state index in [1.54, 1.807) is 6.21 Å². The molecule has 3 rings (SSSR count). The van der Waals surface area contributed by atoms with Crippen LogP contribution >= 0.6 is 23.4 Å². The Hall–Kier alpha value is -2.18. The molecule has 0 aromatic heterocycles. The molecule has 0 atom stereocenters. The Morgan fingerprint density at radius 3 is 2.92 bits per heavy atom. The number of benzene rings is 2. The van der Waals surface area contributed by atoms with Crippen LogP contribution in [0.5, 0.6) is 11.5 Å². The zero-order valence-corrected chi connectivity index (χ0v) is 15.0. The van der Waals surface area contributed by atoms with Crippen molar-refractivity contribution in [2.45, 2.75) is 5.75 Å². The zero-order chi connectivity index (χ0) is 17.5. The lowest BCUT2D eigenvalue weighted by Gasteiger charge is -2.19. The molecule has 0 aliphatic carbocycles. The van der Waals surface area contributed by atoms with E-state index in [1.165, 1.54) is 11.8 Å². The zero-order valence-electron chi connectivity index (χ0n) is 13.4. The monoisotopic (exact) mass is 376 g/mol. The van der Waals surface area contributed by atoms with Gasteiger partial charge in [0.1, 0.15) is 13.2 Å². The second kappa shape index (κ2) is 8.78. The third kappa shape index (κ3) is 4.90. The van der Waals surface area contributed by atoms with Gasteiger partial charge in [0.05, 0.1) is 12.0 Å². The van der Waals surface area contributed by atoms with Crippen molar-refractivity contribution in [2.75, 3.05) is 19.0 Å². The molecular formula is C18H17ClN2O3S. The molecule has 1 amide bonds. The van der Waals surface area contributed by atoms with Gasteiger partial charge < -0.3 is 9.47 Å². The minimum atomic E-state index is -0.171. The van der Waals surface area contributed by atoms with Gasteiger partial charge in [-0.3, -0.25) is 4.79 Å². The van der Waals surface area contributed by atoms with Crippen molar-refractivity contribution in [2.24, 2.45) is 5.10 Å². The van der Waals surface area contributed by atoms with E-state index < -0.39 is 0 Å². The second-order valence-corrected chi connectivity index (χ2v) is 6.64. The number of fused-ring (bicyclic) bond motifs is 1. The Kier molecular flexibility index (Phi) is 6.19. The van der Waals surface area contributed by atoms with Crippen molar-refractivity contribution in [3.05, 3.63) is 58.6 Å².